The Labute approximate surface area is 126 Å². The first-order chi connectivity index (χ1) is 9.47. The number of nitrogens with one attached hydrogen (secondary N) is 1. The lowest BCUT2D eigenvalue weighted by Gasteiger charge is -2.39. The predicted molar refractivity (Wildman–Crippen MR) is 87.2 cm³/mol. The standard InChI is InChI=1S/C17H36N2O/c1-6-9-17(4,13-18-12-15(2)3)14-19(5)16-7-10-20-11-8-16/h15-16,18H,6-14H2,1-5H3. The summed E-state index contributed by atoms with van der Waals surface area (Å²) in [6.07, 6.45) is 4.95. The summed E-state index contributed by atoms with van der Waals surface area (Å²) < 4.78 is 5.48. The Morgan fingerprint density at radius 3 is 2.50 bits per heavy atom. The fourth-order valence-electron chi connectivity index (χ4n) is 3.35. The molecule has 0 saturated carbocycles. The van der Waals surface area contributed by atoms with Crippen molar-refractivity contribution in [3.05, 3.63) is 0 Å². The van der Waals surface area contributed by atoms with Gasteiger partial charge in [0.25, 0.3) is 0 Å². The quantitative estimate of drug-likeness (QED) is 0.704. The van der Waals surface area contributed by atoms with Crippen LogP contribution in [0.3, 0.4) is 0 Å². The minimum Gasteiger partial charge on any atom is -0.381 e. The lowest BCUT2D eigenvalue weighted by molar-refractivity contribution is 0.0279. The van der Waals surface area contributed by atoms with Gasteiger partial charge in [-0.3, -0.25) is 0 Å². The molecule has 120 valence electrons. The van der Waals surface area contributed by atoms with Crippen LogP contribution in [0.5, 0.6) is 0 Å². The Morgan fingerprint density at radius 2 is 1.95 bits per heavy atom. The Bertz CT molecular complexity index is 251. The molecular weight excluding hydrogens is 248 g/mol. The summed E-state index contributed by atoms with van der Waals surface area (Å²) in [5.41, 5.74) is 0.386. The van der Waals surface area contributed by atoms with Gasteiger partial charge in [0.1, 0.15) is 0 Å². The summed E-state index contributed by atoms with van der Waals surface area (Å²) in [6.45, 7) is 14.6. The molecule has 0 spiro atoms. The second-order valence-corrected chi connectivity index (χ2v) is 7.34. The number of nitrogens with zero attached hydrogens (tertiary/aromatic N) is 1. The van der Waals surface area contributed by atoms with Crippen LogP contribution in [0, 0.1) is 11.3 Å². The van der Waals surface area contributed by atoms with Gasteiger partial charge in [0.2, 0.25) is 0 Å². The molecule has 20 heavy (non-hydrogen) atoms. The van der Waals surface area contributed by atoms with Crippen molar-refractivity contribution >= 4 is 0 Å². The minimum absolute atomic E-state index is 0.386. The van der Waals surface area contributed by atoms with Crippen molar-refractivity contribution in [2.45, 2.75) is 59.4 Å². The summed E-state index contributed by atoms with van der Waals surface area (Å²) in [4.78, 5) is 2.58. The summed E-state index contributed by atoms with van der Waals surface area (Å²) in [5.74, 6) is 0.731. The van der Waals surface area contributed by atoms with Gasteiger partial charge in [0, 0.05) is 32.3 Å². The second kappa shape index (κ2) is 9.01. The predicted octanol–water partition coefficient (Wildman–Crippen LogP) is 3.15. The van der Waals surface area contributed by atoms with E-state index in [9.17, 15) is 0 Å². The molecule has 1 saturated heterocycles. The first-order valence-corrected chi connectivity index (χ1v) is 8.45. The fourth-order valence-corrected chi connectivity index (χ4v) is 3.35. The van der Waals surface area contributed by atoms with E-state index in [1.807, 2.05) is 0 Å². The smallest absolute Gasteiger partial charge is 0.0480 e. The largest absolute Gasteiger partial charge is 0.381 e. The molecule has 3 nitrogen and oxygen atoms in total. The molecule has 1 heterocycles. The third kappa shape index (κ3) is 6.55. The maximum absolute atomic E-state index is 5.48. The number of hydrogen-bond acceptors (Lipinski definition) is 3. The summed E-state index contributed by atoms with van der Waals surface area (Å²) in [7, 11) is 2.30. The minimum atomic E-state index is 0.386. The van der Waals surface area contributed by atoms with Crippen molar-refractivity contribution < 1.29 is 4.74 Å². The highest BCUT2D eigenvalue weighted by molar-refractivity contribution is 4.83. The van der Waals surface area contributed by atoms with Gasteiger partial charge in [-0.2, -0.15) is 0 Å². The zero-order valence-electron chi connectivity index (χ0n) is 14.4. The molecule has 0 aromatic rings. The molecule has 0 aromatic carbocycles. The van der Waals surface area contributed by atoms with Crippen LogP contribution in [0.2, 0.25) is 0 Å². The van der Waals surface area contributed by atoms with Crippen LogP contribution in [-0.2, 0) is 4.74 Å². The molecule has 1 N–H and O–H groups in total. The summed E-state index contributed by atoms with van der Waals surface area (Å²) >= 11 is 0. The van der Waals surface area contributed by atoms with Crippen LogP contribution in [0.15, 0.2) is 0 Å². The van der Waals surface area contributed by atoms with E-state index in [1.54, 1.807) is 0 Å². The van der Waals surface area contributed by atoms with Gasteiger partial charge in [-0.05, 0) is 44.2 Å². The molecule has 3 heteroatoms. The average molecular weight is 284 g/mol. The molecule has 0 radical (unpaired) electrons. The van der Waals surface area contributed by atoms with E-state index < -0.39 is 0 Å². The maximum atomic E-state index is 5.48. The van der Waals surface area contributed by atoms with Crippen molar-refractivity contribution in [1.29, 1.82) is 0 Å². The van der Waals surface area contributed by atoms with Crippen molar-refractivity contribution in [2.75, 3.05) is 39.9 Å². The summed E-state index contributed by atoms with van der Waals surface area (Å²) in [5, 5.41) is 3.67. The van der Waals surface area contributed by atoms with E-state index in [0.29, 0.717) is 11.5 Å². The third-order valence-corrected chi connectivity index (χ3v) is 4.40. The molecule has 1 fully saturated rings. The van der Waals surface area contributed by atoms with E-state index in [4.69, 9.17) is 4.74 Å². The average Bonchev–Trinajstić information content (AvgIpc) is 2.39. The van der Waals surface area contributed by atoms with Crippen LogP contribution in [-0.4, -0.2) is 50.8 Å². The lowest BCUT2D eigenvalue weighted by atomic mass is 9.84. The number of rotatable bonds is 9. The van der Waals surface area contributed by atoms with E-state index >= 15 is 0 Å². The SMILES string of the molecule is CCCC(C)(CNCC(C)C)CN(C)C1CCOCC1. The topological polar surface area (TPSA) is 24.5 Å². The highest BCUT2D eigenvalue weighted by Crippen LogP contribution is 2.26. The van der Waals surface area contributed by atoms with Gasteiger partial charge in [-0.25, -0.2) is 0 Å². The zero-order valence-corrected chi connectivity index (χ0v) is 14.4. The van der Waals surface area contributed by atoms with Crippen LogP contribution in [0.1, 0.15) is 53.4 Å². The van der Waals surface area contributed by atoms with Gasteiger partial charge < -0.3 is 15.0 Å². The molecule has 1 unspecified atom stereocenters. The molecule has 1 aliphatic rings. The van der Waals surface area contributed by atoms with E-state index in [1.165, 1.54) is 32.2 Å². The molecular formula is C17H36N2O. The second-order valence-electron chi connectivity index (χ2n) is 7.34. The van der Waals surface area contributed by atoms with Crippen molar-refractivity contribution in [3.63, 3.8) is 0 Å². The van der Waals surface area contributed by atoms with Gasteiger partial charge in [0.15, 0.2) is 0 Å². The molecule has 0 amide bonds. The lowest BCUT2D eigenvalue weighted by Crippen LogP contribution is -2.46. The van der Waals surface area contributed by atoms with Gasteiger partial charge in [0.05, 0.1) is 0 Å². The highest BCUT2D eigenvalue weighted by Gasteiger charge is 2.28. The first kappa shape index (κ1) is 17.9. The van der Waals surface area contributed by atoms with Crippen LogP contribution in [0.4, 0.5) is 0 Å². The highest BCUT2D eigenvalue weighted by atomic mass is 16.5. The van der Waals surface area contributed by atoms with Crippen LogP contribution >= 0.6 is 0 Å². The van der Waals surface area contributed by atoms with Crippen molar-refractivity contribution in [2.24, 2.45) is 11.3 Å². The summed E-state index contributed by atoms with van der Waals surface area (Å²) in [6, 6.07) is 0.713. The maximum Gasteiger partial charge on any atom is 0.0480 e. The van der Waals surface area contributed by atoms with E-state index in [0.717, 1.165) is 32.2 Å². The van der Waals surface area contributed by atoms with Crippen LogP contribution in [0.25, 0.3) is 0 Å². The van der Waals surface area contributed by atoms with Crippen molar-refractivity contribution in [1.82, 2.24) is 10.2 Å². The Hall–Kier alpha value is -0.120. The molecule has 1 aliphatic heterocycles. The Kier molecular flexibility index (Phi) is 8.08. The fraction of sp³-hybridized carbons (Fsp3) is 1.00. The molecule has 0 bridgehead atoms. The van der Waals surface area contributed by atoms with Crippen LogP contribution < -0.4 is 5.32 Å². The number of ether oxygens (including phenoxy) is 1. The monoisotopic (exact) mass is 284 g/mol. The molecule has 0 aromatic heterocycles. The van der Waals surface area contributed by atoms with Gasteiger partial charge in [-0.15, -0.1) is 0 Å². The first-order valence-electron chi connectivity index (χ1n) is 8.45. The van der Waals surface area contributed by atoms with Crippen molar-refractivity contribution in [3.8, 4) is 0 Å². The normalized spacial score (nSPS) is 20.6. The molecule has 1 atom stereocenters. The van der Waals surface area contributed by atoms with Gasteiger partial charge in [-0.1, -0.05) is 34.1 Å². The third-order valence-electron chi connectivity index (χ3n) is 4.40. The number of hydrogen-bond donors (Lipinski definition) is 1. The molecule has 1 rings (SSSR count). The Morgan fingerprint density at radius 1 is 1.30 bits per heavy atom. The van der Waals surface area contributed by atoms with Gasteiger partial charge >= 0.3 is 0 Å². The molecule has 0 aliphatic carbocycles. The van der Waals surface area contributed by atoms with E-state index in [2.05, 4.69) is 45.0 Å². The zero-order chi connectivity index (χ0) is 15.0. The Balaban J connectivity index is 2.45. The van der Waals surface area contributed by atoms with E-state index in [-0.39, 0.29) is 0 Å².